The summed E-state index contributed by atoms with van der Waals surface area (Å²) in [5, 5.41) is 9.61. The molecule has 1 aliphatic carbocycles. The highest BCUT2D eigenvalue weighted by Crippen LogP contribution is 2.37. The molecule has 0 saturated carbocycles. The second-order valence-corrected chi connectivity index (χ2v) is 5.50. The molecule has 2 aromatic carbocycles. The first-order valence-electron chi connectivity index (χ1n) is 7.25. The van der Waals surface area contributed by atoms with Crippen molar-refractivity contribution in [1.29, 1.82) is 0 Å². The van der Waals surface area contributed by atoms with Crippen LogP contribution in [0.3, 0.4) is 0 Å². The highest BCUT2D eigenvalue weighted by molar-refractivity contribution is 5.44. The first-order chi connectivity index (χ1) is 10.2. The lowest BCUT2D eigenvalue weighted by atomic mass is 9.78. The molecule has 0 fully saturated rings. The van der Waals surface area contributed by atoms with Gasteiger partial charge in [0, 0.05) is 5.92 Å². The minimum Gasteiger partial charge on any atom is -0.493 e. The minimum absolute atomic E-state index is 0.461. The molecule has 21 heavy (non-hydrogen) atoms. The molecular formula is C18H20O3. The number of hydrogen-bond acceptors (Lipinski definition) is 3. The fourth-order valence-corrected chi connectivity index (χ4v) is 2.77. The predicted molar refractivity (Wildman–Crippen MR) is 82.0 cm³/mol. The van der Waals surface area contributed by atoms with Gasteiger partial charge in [0.15, 0.2) is 11.5 Å². The molecule has 1 N–H and O–H groups in total. The van der Waals surface area contributed by atoms with E-state index in [1.165, 1.54) is 11.1 Å². The van der Waals surface area contributed by atoms with Crippen molar-refractivity contribution < 1.29 is 14.6 Å². The Balaban J connectivity index is 1.69. The number of ether oxygens (including phenoxy) is 2. The van der Waals surface area contributed by atoms with Crippen molar-refractivity contribution >= 4 is 0 Å². The topological polar surface area (TPSA) is 38.7 Å². The monoisotopic (exact) mass is 284 g/mol. The molecule has 1 unspecified atom stereocenters. The maximum atomic E-state index is 9.61. The van der Waals surface area contributed by atoms with Gasteiger partial charge in [0.2, 0.25) is 0 Å². The maximum Gasteiger partial charge on any atom is 0.161 e. The third-order valence-electron chi connectivity index (χ3n) is 4.07. The maximum absolute atomic E-state index is 9.61. The summed E-state index contributed by atoms with van der Waals surface area (Å²) in [7, 11) is 1.62. The van der Waals surface area contributed by atoms with Crippen molar-refractivity contribution in [2.45, 2.75) is 25.4 Å². The van der Waals surface area contributed by atoms with Crippen molar-refractivity contribution in [3.8, 4) is 11.5 Å². The van der Waals surface area contributed by atoms with Gasteiger partial charge in [-0.2, -0.15) is 0 Å². The van der Waals surface area contributed by atoms with Crippen LogP contribution in [0, 0.1) is 0 Å². The van der Waals surface area contributed by atoms with E-state index >= 15 is 0 Å². The third kappa shape index (κ3) is 2.74. The molecule has 0 radical (unpaired) electrons. The van der Waals surface area contributed by atoms with E-state index in [1.54, 1.807) is 14.0 Å². The first kappa shape index (κ1) is 14.0. The number of aliphatic hydroxyl groups is 1. The van der Waals surface area contributed by atoms with Crippen LogP contribution in [0.25, 0.3) is 0 Å². The van der Waals surface area contributed by atoms with E-state index in [2.05, 4.69) is 24.3 Å². The van der Waals surface area contributed by atoms with E-state index in [9.17, 15) is 5.11 Å². The van der Waals surface area contributed by atoms with Crippen LogP contribution < -0.4 is 9.47 Å². The Kier molecular flexibility index (Phi) is 3.84. The standard InChI is InChI=1S/C18H20O3/c1-12(19)13-7-8-17(18(10-13)20-2)21-11-15-9-14-5-3-4-6-16(14)15/h3-8,10,12,15,19H,9,11H2,1-2H3/t12-,15?/m0/s1. The highest BCUT2D eigenvalue weighted by atomic mass is 16.5. The van der Waals surface area contributed by atoms with Crippen molar-refractivity contribution in [3.05, 3.63) is 59.2 Å². The molecule has 0 saturated heterocycles. The average Bonchev–Trinajstić information content (AvgIpc) is 2.48. The van der Waals surface area contributed by atoms with Crippen LogP contribution in [0.4, 0.5) is 0 Å². The second kappa shape index (κ2) is 5.78. The molecule has 0 bridgehead atoms. The largest absolute Gasteiger partial charge is 0.493 e. The van der Waals surface area contributed by atoms with Crippen molar-refractivity contribution in [2.24, 2.45) is 0 Å². The van der Waals surface area contributed by atoms with E-state index in [4.69, 9.17) is 9.47 Å². The van der Waals surface area contributed by atoms with Gasteiger partial charge in [-0.15, -0.1) is 0 Å². The molecule has 0 aromatic heterocycles. The number of hydrogen-bond donors (Lipinski definition) is 1. The van der Waals surface area contributed by atoms with Crippen LogP contribution in [-0.2, 0) is 6.42 Å². The predicted octanol–water partition coefficient (Wildman–Crippen LogP) is 3.47. The van der Waals surface area contributed by atoms with Gasteiger partial charge >= 0.3 is 0 Å². The van der Waals surface area contributed by atoms with E-state index in [0.717, 1.165) is 17.7 Å². The fourth-order valence-electron chi connectivity index (χ4n) is 2.77. The van der Waals surface area contributed by atoms with Crippen molar-refractivity contribution in [2.75, 3.05) is 13.7 Å². The summed E-state index contributed by atoms with van der Waals surface area (Å²) >= 11 is 0. The Bertz CT molecular complexity index is 634. The van der Waals surface area contributed by atoms with E-state index in [0.29, 0.717) is 18.3 Å². The average molecular weight is 284 g/mol. The van der Waals surface area contributed by atoms with Crippen LogP contribution in [0.1, 0.15) is 35.6 Å². The van der Waals surface area contributed by atoms with Crippen LogP contribution >= 0.6 is 0 Å². The van der Waals surface area contributed by atoms with Crippen molar-refractivity contribution in [1.82, 2.24) is 0 Å². The smallest absolute Gasteiger partial charge is 0.161 e. The summed E-state index contributed by atoms with van der Waals surface area (Å²) in [5.41, 5.74) is 3.63. The highest BCUT2D eigenvalue weighted by Gasteiger charge is 2.26. The van der Waals surface area contributed by atoms with Crippen molar-refractivity contribution in [3.63, 3.8) is 0 Å². The summed E-state index contributed by atoms with van der Waals surface area (Å²) in [6.45, 7) is 2.39. The third-order valence-corrected chi connectivity index (χ3v) is 4.07. The molecule has 0 amide bonds. The van der Waals surface area contributed by atoms with E-state index in [1.807, 2.05) is 18.2 Å². The molecular weight excluding hydrogens is 264 g/mol. The molecule has 3 heteroatoms. The normalized spacial score (nSPS) is 17.6. The SMILES string of the molecule is COc1cc([C@H](C)O)ccc1OCC1Cc2ccccc21. The number of aliphatic hydroxyl groups excluding tert-OH is 1. The number of benzene rings is 2. The molecule has 0 heterocycles. The van der Waals surface area contributed by atoms with Gasteiger partial charge in [-0.3, -0.25) is 0 Å². The molecule has 2 aromatic rings. The van der Waals surface area contributed by atoms with Gasteiger partial charge in [0.25, 0.3) is 0 Å². The zero-order valence-corrected chi connectivity index (χ0v) is 12.4. The van der Waals surface area contributed by atoms with Gasteiger partial charge in [0.1, 0.15) is 0 Å². The number of rotatable bonds is 5. The molecule has 3 rings (SSSR count). The van der Waals surface area contributed by atoms with Gasteiger partial charge in [0.05, 0.1) is 19.8 Å². The molecule has 1 aliphatic rings. The molecule has 110 valence electrons. The lowest BCUT2D eigenvalue weighted by Crippen LogP contribution is -2.23. The first-order valence-corrected chi connectivity index (χ1v) is 7.25. The Morgan fingerprint density at radius 2 is 2.00 bits per heavy atom. The summed E-state index contributed by atoms with van der Waals surface area (Å²) < 4.78 is 11.3. The van der Waals surface area contributed by atoms with Crippen LogP contribution in [0.2, 0.25) is 0 Å². The summed E-state index contributed by atoms with van der Waals surface area (Å²) in [5.74, 6) is 1.86. The lowest BCUT2D eigenvalue weighted by Gasteiger charge is -2.30. The van der Waals surface area contributed by atoms with Crippen LogP contribution in [0.15, 0.2) is 42.5 Å². The molecule has 3 nitrogen and oxygen atoms in total. The summed E-state index contributed by atoms with van der Waals surface area (Å²) in [6, 6.07) is 14.1. The molecule has 0 spiro atoms. The summed E-state index contributed by atoms with van der Waals surface area (Å²) in [6.07, 6.45) is 0.566. The zero-order valence-electron chi connectivity index (χ0n) is 12.4. The van der Waals surface area contributed by atoms with E-state index in [-0.39, 0.29) is 0 Å². The number of methoxy groups -OCH3 is 1. The van der Waals surface area contributed by atoms with Gasteiger partial charge in [-0.05, 0) is 42.2 Å². The Hall–Kier alpha value is -2.00. The quantitative estimate of drug-likeness (QED) is 0.913. The van der Waals surface area contributed by atoms with Gasteiger partial charge in [-0.1, -0.05) is 30.3 Å². The lowest BCUT2D eigenvalue weighted by molar-refractivity contribution is 0.198. The minimum atomic E-state index is -0.508. The van der Waals surface area contributed by atoms with Crippen LogP contribution in [0.5, 0.6) is 11.5 Å². The molecule has 0 aliphatic heterocycles. The molecule has 2 atom stereocenters. The second-order valence-electron chi connectivity index (χ2n) is 5.50. The Morgan fingerprint density at radius 3 is 2.71 bits per heavy atom. The Morgan fingerprint density at radius 1 is 1.19 bits per heavy atom. The zero-order chi connectivity index (χ0) is 14.8. The Labute approximate surface area is 125 Å². The van der Waals surface area contributed by atoms with E-state index < -0.39 is 6.10 Å². The summed E-state index contributed by atoms with van der Waals surface area (Å²) in [4.78, 5) is 0. The van der Waals surface area contributed by atoms with Crippen LogP contribution in [-0.4, -0.2) is 18.8 Å². The van der Waals surface area contributed by atoms with Gasteiger partial charge in [-0.25, -0.2) is 0 Å². The van der Waals surface area contributed by atoms with Gasteiger partial charge < -0.3 is 14.6 Å². The fraction of sp³-hybridized carbons (Fsp3) is 0.333. The number of fused-ring (bicyclic) bond motifs is 1.